The second-order valence-electron chi connectivity index (χ2n) is 7.21. The molecule has 27 heavy (non-hydrogen) atoms. The summed E-state index contributed by atoms with van der Waals surface area (Å²) in [5, 5.41) is 12.0. The van der Waals surface area contributed by atoms with E-state index in [4.69, 9.17) is 0 Å². The molecule has 0 radical (unpaired) electrons. The van der Waals surface area contributed by atoms with Crippen LogP contribution >= 0.6 is 0 Å². The minimum atomic E-state index is -1.16. The molecule has 3 amide bonds. The summed E-state index contributed by atoms with van der Waals surface area (Å²) in [5.74, 6) is -2.13. The van der Waals surface area contributed by atoms with E-state index in [1.165, 1.54) is 9.80 Å². The monoisotopic (exact) mass is 379 g/mol. The third-order valence-electron chi connectivity index (χ3n) is 5.34. The van der Waals surface area contributed by atoms with Crippen molar-refractivity contribution in [2.45, 2.75) is 64.1 Å². The normalized spacial score (nSPS) is 23.7. The molecule has 2 fully saturated rings. The Morgan fingerprint density at radius 2 is 2.11 bits per heavy atom. The number of allylic oxidation sites excluding steroid dienone is 1. The number of carboxylic acids is 1. The van der Waals surface area contributed by atoms with Crippen molar-refractivity contribution in [3.8, 4) is 0 Å². The van der Waals surface area contributed by atoms with Crippen molar-refractivity contribution in [3.05, 3.63) is 12.2 Å². The van der Waals surface area contributed by atoms with E-state index < -0.39 is 17.7 Å². The Balaban J connectivity index is 2.11. The lowest BCUT2D eigenvalue weighted by atomic mass is 10.00. The predicted octanol–water partition coefficient (Wildman–Crippen LogP) is 1.12. The first kappa shape index (κ1) is 20.9. The topological polar surface area (TPSA) is 107 Å². The second-order valence-corrected chi connectivity index (χ2v) is 7.21. The van der Waals surface area contributed by atoms with E-state index in [1.807, 2.05) is 12.2 Å². The maximum absolute atomic E-state index is 12.7. The van der Waals surface area contributed by atoms with Gasteiger partial charge in [-0.15, -0.1) is 0 Å². The lowest BCUT2D eigenvalue weighted by Crippen LogP contribution is -2.48. The Kier molecular flexibility index (Phi) is 6.98. The molecule has 2 N–H and O–H groups in total. The van der Waals surface area contributed by atoms with Crippen molar-refractivity contribution in [1.29, 1.82) is 0 Å². The summed E-state index contributed by atoms with van der Waals surface area (Å²) >= 11 is 0. The van der Waals surface area contributed by atoms with Gasteiger partial charge in [-0.25, -0.2) is 4.79 Å². The molecule has 3 unspecified atom stereocenters. The zero-order valence-electron chi connectivity index (χ0n) is 16.0. The van der Waals surface area contributed by atoms with Crippen LogP contribution in [0.1, 0.15) is 52.4 Å². The highest BCUT2D eigenvalue weighted by Gasteiger charge is 2.72. The van der Waals surface area contributed by atoms with E-state index in [-0.39, 0.29) is 24.3 Å². The molecule has 0 aromatic rings. The summed E-state index contributed by atoms with van der Waals surface area (Å²) in [4.78, 5) is 50.1. The Morgan fingerprint density at radius 1 is 1.37 bits per heavy atom. The highest BCUT2D eigenvalue weighted by molar-refractivity contribution is 6.07. The van der Waals surface area contributed by atoms with Crippen LogP contribution in [-0.2, 0) is 19.2 Å². The van der Waals surface area contributed by atoms with Gasteiger partial charge in [0.15, 0.2) is 5.66 Å². The lowest BCUT2D eigenvalue weighted by Gasteiger charge is -2.27. The van der Waals surface area contributed by atoms with Crippen molar-refractivity contribution < 1.29 is 24.3 Å². The molecule has 8 nitrogen and oxygen atoms in total. The van der Waals surface area contributed by atoms with Crippen molar-refractivity contribution >= 4 is 24.2 Å². The van der Waals surface area contributed by atoms with Gasteiger partial charge in [0.25, 0.3) is 5.91 Å². The number of hydrogen-bond donors (Lipinski definition) is 2. The zero-order chi connectivity index (χ0) is 20.0. The van der Waals surface area contributed by atoms with Crippen LogP contribution in [0, 0.1) is 5.92 Å². The summed E-state index contributed by atoms with van der Waals surface area (Å²) in [6, 6.07) is -1.01. The average molecular weight is 379 g/mol. The van der Waals surface area contributed by atoms with Gasteiger partial charge in [-0.1, -0.05) is 38.8 Å². The fourth-order valence-electron chi connectivity index (χ4n) is 3.96. The number of carboxylic acid groups (broad SMARTS) is 1. The minimum Gasteiger partial charge on any atom is -0.480 e. The van der Waals surface area contributed by atoms with Crippen LogP contribution in [0.5, 0.6) is 0 Å². The molecule has 3 atom stereocenters. The van der Waals surface area contributed by atoms with E-state index in [1.54, 1.807) is 6.92 Å². The smallest absolute Gasteiger partial charge is 0.327 e. The van der Waals surface area contributed by atoms with E-state index in [0.29, 0.717) is 25.8 Å². The summed E-state index contributed by atoms with van der Waals surface area (Å²) < 4.78 is 0. The third kappa shape index (κ3) is 4.14. The van der Waals surface area contributed by atoms with Gasteiger partial charge in [-0.3, -0.25) is 19.3 Å². The summed E-state index contributed by atoms with van der Waals surface area (Å²) in [6.07, 6.45) is 9.49. The zero-order valence-corrected chi connectivity index (χ0v) is 16.0. The molecule has 2 heterocycles. The van der Waals surface area contributed by atoms with Gasteiger partial charge >= 0.3 is 5.97 Å². The number of rotatable bonds is 11. The van der Waals surface area contributed by atoms with Gasteiger partial charge in [0, 0.05) is 18.9 Å². The number of unbranched alkanes of at least 4 members (excludes halogenated alkanes) is 3. The SMILES string of the molecule is CCCCC/C=C\C(C)C(C(=O)O)N1C(=O)C12CCCN2C(=O)CNC=O. The summed E-state index contributed by atoms with van der Waals surface area (Å²) in [7, 11) is 0. The number of nitrogens with zero attached hydrogens (tertiary/aromatic N) is 2. The average Bonchev–Trinajstić information content (AvgIpc) is 3.00. The Bertz CT molecular complexity index is 620. The van der Waals surface area contributed by atoms with Crippen LogP contribution in [0.25, 0.3) is 0 Å². The number of carbonyl (C=O) groups excluding carboxylic acids is 3. The van der Waals surface area contributed by atoms with Crippen molar-refractivity contribution in [2.24, 2.45) is 5.92 Å². The molecule has 0 aliphatic carbocycles. The summed E-state index contributed by atoms with van der Waals surface area (Å²) in [6.45, 7) is 4.09. The molecular weight excluding hydrogens is 350 g/mol. The van der Waals surface area contributed by atoms with Crippen molar-refractivity contribution in [3.63, 3.8) is 0 Å². The maximum Gasteiger partial charge on any atom is 0.327 e. The minimum absolute atomic E-state index is 0.197. The van der Waals surface area contributed by atoms with Gasteiger partial charge < -0.3 is 15.3 Å². The predicted molar refractivity (Wildman–Crippen MR) is 98.5 cm³/mol. The van der Waals surface area contributed by atoms with Gasteiger partial charge in [-0.2, -0.15) is 0 Å². The van der Waals surface area contributed by atoms with E-state index in [9.17, 15) is 24.3 Å². The van der Waals surface area contributed by atoms with Crippen LogP contribution < -0.4 is 5.32 Å². The number of nitrogens with one attached hydrogen (secondary N) is 1. The molecule has 2 saturated heterocycles. The van der Waals surface area contributed by atoms with Crippen molar-refractivity contribution in [2.75, 3.05) is 13.1 Å². The molecule has 8 heteroatoms. The lowest BCUT2D eigenvalue weighted by molar-refractivity contribution is -0.145. The molecule has 2 aliphatic rings. The van der Waals surface area contributed by atoms with Crippen LogP contribution in [0.15, 0.2) is 12.2 Å². The van der Waals surface area contributed by atoms with E-state index >= 15 is 0 Å². The summed E-state index contributed by atoms with van der Waals surface area (Å²) in [5.41, 5.74) is -1.16. The quantitative estimate of drug-likeness (QED) is 0.242. The maximum atomic E-state index is 12.7. The van der Waals surface area contributed by atoms with Crippen LogP contribution in [0.3, 0.4) is 0 Å². The van der Waals surface area contributed by atoms with Crippen LogP contribution in [-0.4, -0.2) is 63.9 Å². The number of hydrogen-bond acceptors (Lipinski definition) is 4. The molecule has 0 aromatic carbocycles. The molecule has 0 bridgehead atoms. The van der Waals surface area contributed by atoms with Gasteiger partial charge in [0.1, 0.15) is 6.04 Å². The van der Waals surface area contributed by atoms with Gasteiger partial charge in [-0.05, 0) is 19.3 Å². The first-order chi connectivity index (χ1) is 12.9. The van der Waals surface area contributed by atoms with Crippen molar-refractivity contribution in [1.82, 2.24) is 15.1 Å². The highest BCUT2D eigenvalue weighted by atomic mass is 16.4. The number of aliphatic carboxylic acids is 1. The first-order valence-electron chi connectivity index (χ1n) is 9.62. The van der Waals surface area contributed by atoms with E-state index in [0.717, 1.165) is 25.7 Å². The fraction of sp³-hybridized carbons (Fsp3) is 0.684. The number of likely N-dealkylation sites (tertiary alicyclic amines) is 1. The number of carbonyl (C=O) groups is 4. The second kappa shape index (κ2) is 9.01. The molecule has 0 saturated carbocycles. The molecular formula is C19H29N3O5. The molecule has 150 valence electrons. The standard InChI is InChI=1S/C19H29N3O5/c1-3-4-5-6-7-9-14(2)16(17(25)26)22-18(27)19(22)10-8-11-21(19)15(24)12-20-13-23/h7,9,13-14,16H,3-6,8,10-12H2,1-2H3,(H,20,23)(H,25,26)/b9-7-. The largest absolute Gasteiger partial charge is 0.480 e. The van der Waals surface area contributed by atoms with Gasteiger partial charge in [0.05, 0.1) is 6.54 Å². The fourth-order valence-corrected chi connectivity index (χ4v) is 3.96. The van der Waals surface area contributed by atoms with Crippen LogP contribution in [0.4, 0.5) is 0 Å². The molecule has 0 aromatic heterocycles. The third-order valence-corrected chi connectivity index (χ3v) is 5.34. The highest BCUT2D eigenvalue weighted by Crippen LogP contribution is 2.49. The number of amides is 3. The van der Waals surface area contributed by atoms with Crippen LogP contribution in [0.2, 0.25) is 0 Å². The molecule has 2 aliphatic heterocycles. The first-order valence-corrected chi connectivity index (χ1v) is 9.62. The molecule has 1 spiro atoms. The Hall–Kier alpha value is -2.38. The van der Waals surface area contributed by atoms with Gasteiger partial charge in [0.2, 0.25) is 12.3 Å². The Morgan fingerprint density at radius 3 is 2.74 bits per heavy atom. The molecule has 2 rings (SSSR count). The van der Waals surface area contributed by atoms with E-state index in [2.05, 4.69) is 12.2 Å². The Labute approximate surface area is 159 Å².